The van der Waals surface area contributed by atoms with Gasteiger partial charge in [-0.15, -0.1) is 0 Å². The quantitative estimate of drug-likeness (QED) is 0.194. The van der Waals surface area contributed by atoms with Crippen LogP contribution in [0.1, 0.15) is 33.4 Å². The molecule has 0 aliphatic rings. The summed E-state index contributed by atoms with van der Waals surface area (Å²) < 4.78 is 5.75. The number of para-hydroxylation sites is 2. The predicted molar refractivity (Wildman–Crippen MR) is 168 cm³/mol. The summed E-state index contributed by atoms with van der Waals surface area (Å²) in [6.07, 6.45) is 8.56. The Morgan fingerprint density at radius 3 is 1.54 bits per heavy atom. The van der Waals surface area contributed by atoms with Gasteiger partial charge in [0.2, 0.25) is 0 Å². The number of benzene rings is 5. The first-order chi connectivity index (χ1) is 19.1. The summed E-state index contributed by atoms with van der Waals surface area (Å²) in [5.74, 6) is 0.858. The average molecular weight is 508 g/mol. The van der Waals surface area contributed by atoms with E-state index >= 15 is 0 Å². The highest BCUT2D eigenvalue weighted by Gasteiger charge is 2.11. The van der Waals surface area contributed by atoms with Crippen LogP contribution in [-0.4, -0.2) is 7.11 Å². The largest absolute Gasteiger partial charge is 0.496 e. The standard InChI is InChI=1S/C37H33NO/c1-28-14-16-30(17-15-28)18-22-32-27-37(39-3)33(26-29(32)2)23-19-31-20-24-36(25-21-31)38(34-10-6-4-7-11-34)35-12-8-5-9-13-35/h4-27H,1-3H3/b22-18+,23-19+. The van der Waals surface area contributed by atoms with Crippen molar-refractivity contribution < 1.29 is 4.74 Å². The van der Waals surface area contributed by atoms with Crippen LogP contribution in [0, 0.1) is 13.8 Å². The van der Waals surface area contributed by atoms with E-state index in [1.165, 1.54) is 16.7 Å². The molecule has 0 aliphatic heterocycles. The van der Waals surface area contributed by atoms with Gasteiger partial charge in [-0.2, -0.15) is 0 Å². The van der Waals surface area contributed by atoms with Gasteiger partial charge >= 0.3 is 0 Å². The Balaban J connectivity index is 1.38. The molecule has 0 aliphatic carbocycles. The van der Waals surface area contributed by atoms with Crippen molar-refractivity contribution in [2.45, 2.75) is 13.8 Å². The van der Waals surface area contributed by atoms with Crippen LogP contribution in [0.25, 0.3) is 24.3 Å². The second-order valence-electron chi connectivity index (χ2n) is 9.63. The molecular weight excluding hydrogens is 474 g/mol. The lowest BCUT2D eigenvalue weighted by molar-refractivity contribution is 0.413. The van der Waals surface area contributed by atoms with Crippen LogP contribution in [0.2, 0.25) is 0 Å². The second-order valence-corrected chi connectivity index (χ2v) is 9.63. The number of methoxy groups -OCH3 is 1. The van der Waals surface area contributed by atoms with Crippen molar-refractivity contribution in [1.29, 1.82) is 0 Å². The highest BCUT2D eigenvalue weighted by atomic mass is 16.5. The lowest BCUT2D eigenvalue weighted by atomic mass is 10.0. The Hall–Kier alpha value is -4.82. The molecule has 0 saturated carbocycles. The number of hydrogen-bond acceptors (Lipinski definition) is 2. The van der Waals surface area contributed by atoms with E-state index in [1.54, 1.807) is 7.11 Å². The molecule has 0 amide bonds. The van der Waals surface area contributed by atoms with E-state index in [1.807, 2.05) is 12.1 Å². The zero-order valence-corrected chi connectivity index (χ0v) is 22.7. The van der Waals surface area contributed by atoms with Gasteiger partial charge in [0, 0.05) is 22.6 Å². The van der Waals surface area contributed by atoms with Crippen LogP contribution >= 0.6 is 0 Å². The van der Waals surface area contributed by atoms with Crippen LogP contribution in [0.5, 0.6) is 5.75 Å². The van der Waals surface area contributed by atoms with Crippen LogP contribution in [0.15, 0.2) is 121 Å². The Bertz CT molecular complexity index is 1530. The molecule has 0 aromatic heterocycles. The minimum atomic E-state index is 0.858. The normalized spacial score (nSPS) is 11.3. The lowest BCUT2D eigenvalue weighted by Crippen LogP contribution is -2.09. The molecule has 2 nitrogen and oxygen atoms in total. The third-order valence-electron chi connectivity index (χ3n) is 6.79. The van der Waals surface area contributed by atoms with Gasteiger partial charge in [-0.05, 0) is 84.6 Å². The molecule has 5 aromatic carbocycles. The molecule has 2 heteroatoms. The average Bonchev–Trinajstić information content (AvgIpc) is 2.98. The number of rotatable bonds is 8. The van der Waals surface area contributed by atoms with E-state index in [0.717, 1.165) is 39.5 Å². The Labute approximate surface area is 232 Å². The van der Waals surface area contributed by atoms with Gasteiger partial charge in [0.25, 0.3) is 0 Å². The summed E-state index contributed by atoms with van der Waals surface area (Å²) >= 11 is 0. The molecule has 0 bridgehead atoms. The van der Waals surface area contributed by atoms with Crippen molar-refractivity contribution in [2.24, 2.45) is 0 Å². The highest BCUT2D eigenvalue weighted by Crippen LogP contribution is 2.34. The number of nitrogens with zero attached hydrogens (tertiary/aromatic N) is 1. The van der Waals surface area contributed by atoms with Crippen molar-refractivity contribution >= 4 is 41.4 Å². The Morgan fingerprint density at radius 2 is 1.00 bits per heavy atom. The summed E-state index contributed by atoms with van der Waals surface area (Å²) in [6.45, 7) is 4.25. The molecular formula is C37H33NO. The molecule has 0 radical (unpaired) electrons. The summed E-state index contributed by atoms with van der Waals surface area (Å²) in [5.41, 5.74) is 10.4. The van der Waals surface area contributed by atoms with Gasteiger partial charge in [-0.1, -0.05) is 103 Å². The first-order valence-electron chi connectivity index (χ1n) is 13.2. The van der Waals surface area contributed by atoms with Crippen LogP contribution < -0.4 is 9.64 Å². The molecule has 0 fully saturated rings. The fourth-order valence-corrected chi connectivity index (χ4v) is 4.60. The van der Waals surface area contributed by atoms with Gasteiger partial charge in [-0.25, -0.2) is 0 Å². The summed E-state index contributed by atoms with van der Waals surface area (Å²) in [7, 11) is 1.73. The van der Waals surface area contributed by atoms with Gasteiger partial charge in [0.1, 0.15) is 5.75 Å². The maximum Gasteiger partial charge on any atom is 0.126 e. The molecule has 0 atom stereocenters. The summed E-state index contributed by atoms with van der Waals surface area (Å²) in [4.78, 5) is 2.27. The Kier molecular flexibility index (Phi) is 8.04. The predicted octanol–water partition coefficient (Wildman–Crippen LogP) is 10.1. The molecule has 0 heterocycles. The van der Waals surface area contributed by atoms with E-state index in [9.17, 15) is 0 Å². The van der Waals surface area contributed by atoms with Gasteiger partial charge in [-0.3, -0.25) is 0 Å². The maximum atomic E-state index is 5.75. The smallest absolute Gasteiger partial charge is 0.126 e. The van der Waals surface area contributed by atoms with E-state index in [-0.39, 0.29) is 0 Å². The van der Waals surface area contributed by atoms with Crippen molar-refractivity contribution in [3.63, 3.8) is 0 Å². The van der Waals surface area contributed by atoms with E-state index in [2.05, 4.69) is 152 Å². The summed E-state index contributed by atoms with van der Waals surface area (Å²) in [6, 6.07) is 42.4. The van der Waals surface area contributed by atoms with Gasteiger partial charge in [0.15, 0.2) is 0 Å². The van der Waals surface area contributed by atoms with Crippen LogP contribution in [-0.2, 0) is 0 Å². The van der Waals surface area contributed by atoms with Crippen molar-refractivity contribution in [3.05, 3.63) is 155 Å². The fourth-order valence-electron chi connectivity index (χ4n) is 4.60. The topological polar surface area (TPSA) is 12.5 Å². The molecule has 0 unspecified atom stereocenters. The van der Waals surface area contributed by atoms with Crippen LogP contribution in [0.3, 0.4) is 0 Å². The molecule has 192 valence electrons. The maximum absolute atomic E-state index is 5.75. The van der Waals surface area contributed by atoms with Crippen molar-refractivity contribution in [3.8, 4) is 5.75 Å². The molecule has 0 saturated heterocycles. The number of aryl methyl sites for hydroxylation is 2. The number of hydrogen-bond donors (Lipinski definition) is 0. The van der Waals surface area contributed by atoms with E-state index in [4.69, 9.17) is 4.74 Å². The second kappa shape index (κ2) is 12.1. The minimum Gasteiger partial charge on any atom is -0.496 e. The third-order valence-corrected chi connectivity index (χ3v) is 6.79. The fraction of sp³-hybridized carbons (Fsp3) is 0.0811. The van der Waals surface area contributed by atoms with E-state index < -0.39 is 0 Å². The Morgan fingerprint density at radius 1 is 0.513 bits per heavy atom. The molecule has 0 spiro atoms. The van der Waals surface area contributed by atoms with Gasteiger partial charge in [0.05, 0.1) is 7.11 Å². The van der Waals surface area contributed by atoms with Gasteiger partial charge < -0.3 is 9.64 Å². The van der Waals surface area contributed by atoms with Crippen molar-refractivity contribution in [1.82, 2.24) is 0 Å². The zero-order valence-electron chi connectivity index (χ0n) is 22.7. The molecule has 39 heavy (non-hydrogen) atoms. The SMILES string of the molecule is COc1cc(/C=C/c2ccc(C)cc2)c(C)cc1/C=C/c1ccc(N(c2ccccc2)c2ccccc2)cc1. The van der Waals surface area contributed by atoms with Crippen LogP contribution in [0.4, 0.5) is 17.1 Å². The first kappa shape index (κ1) is 25.8. The number of anilines is 3. The zero-order chi connectivity index (χ0) is 27.0. The van der Waals surface area contributed by atoms with Crippen molar-refractivity contribution in [2.75, 3.05) is 12.0 Å². The summed E-state index contributed by atoms with van der Waals surface area (Å²) in [5, 5.41) is 0. The highest BCUT2D eigenvalue weighted by molar-refractivity contribution is 5.80. The molecule has 5 aromatic rings. The first-order valence-corrected chi connectivity index (χ1v) is 13.2. The molecule has 0 N–H and O–H groups in total. The minimum absolute atomic E-state index is 0.858. The third kappa shape index (κ3) is 6.37. The molecule has 5 rings (SSSR count). The number of ether oxygens (including phenoxy) is 1. The van der Waals surface area contributed by atoms with E-state index in [0.29, 0.717) is 0 Å². The monoisotopic (exact) mass is 507 g/mol. The lowest BCUT2D eigenvalue weighted by Gasteiger charge is -2.25.